The van der Waals surface area contributed by atoms with E-state index in [9.17, 15) is 10.1 Å². The van der Waals surface area contributed by atoms with E-state index in [4.69, 9.17) is 0 Å². The van der Waals surface area contributed by atoms with Crippen LogP contribution >= 0.6 is 11.3 Å². The lowest BCUT2D eigenvalue weighted by Gasteiger charge is -2.05. The molecule has 2 aromatic heterocycles. The van der Waals surface area contributed by atoms with Crippen molar-refractivity contribution in [3.05, 3.63) is 61.7 Å². The van der Waals surface area contributed by atoms with Gasteiger partial charge in [0.05, 0.1) is 21.3 Å². The Bertz CT molecular complexity index is 914. The molecular weight excluding hydrogens is 350 g/mol. The van der Waals surface area contributed by atoms with Crippen LogP contribution in [-0.4, -0.2) is 26.2 Å². The lowest BCUT2D eigenvalue weighted by Crippen LogP contribution is -2.16. The fourth-order valence-corrected chi connectivity index (χ4v) is 3.82. The number of nitro benzene ring substituents is 1. The van der Waals surface area contributed by atoms with Gasteiger partial charge in [-0.1, -0.05) is 0 Å². The van der Waals surface area contributed by atoms with E-state index >= 15 is 0 Å². The van der Waals surface area contributed by atoms with Crippen molar-refractivity contribution in [3.63, 3.8) is 0 Å². The molecule has 0 aliphatic heterocycles. The Hall–Kier alpha value is -2.58. The highest BCUT2D eigenvalue weighted by Gasteiger charge is 2.12. The molecule has 0 aliphatic rings. The summed E-state index contributed by atoms with van der Waals surface area (Å²) in [5.41, 5.74) is 3.99. The average Bonchev–Trinajstić information content (AvgIpc) is 3.13. The topological polar surface area (TPSA) is 85.9 Å². The average molecular weight is 371 g/mol. The number of aromatic nitrogens is 3. The van der Waals surface area contributed by atoms with Crippen LogP contribution in [0, 0.1) is 24.0 Å². The summed E-state index contributed by atoms with van der Waals surface area (Å²) in [5.74, 6) is 0. The number of hydrogen-bond acceptors (Lipinski definition) is 6. The Morgan fingerprint density at radius 2 is 2.00 bits per heavy atom. The Kier molecular flexibility index (Phi) is 5.43. The van der Waals surface area contributed by atoms with Crippen molar-refractivity contribution in [2.24, 2.45) is 7.05 Å². The maximum Gasteiger partial charge on any atom is 0.269 e. The van der Waals surface area contributed by atoms with Crippen molar-refractivity contribution in [2.75, 3.05) is 6.54 Å². The second kappa shape index (κ2) is 7.76. The summed E-state index contributed by atoms with van der Waals surface area (Å²) in [7, 11) is 1.88. The minimum absolute atomic E-state index is 0.0829. The highest BCUT2D eigenvalue weighted by molar-refractivity contribution is 7.11. The van der Waals surface area contributed by atoms with Gasteiger partial charge in [-0.25, -0.2) is 4.98 Å². The van der Waals surface area contributed by atoms with Crippen LogP contribution in [0.15, 0.2) is 30.5 Å². The summed E-state index contributed by atoms with van der Waals surface area (Å²) in [6.07, 6.45) is 2.93. The molecule has 3 aromatic rings. The number of thiazole rings is 1. The molecule has 7 nitrogen and oxygen atoms in total. The number of rotatable bonds is 7. The Morgan fingerprint density at radius 3 is 2.62 bits per heavy atom. The Labute approximate surface area is 155 Å². The number of nitrogens with one attached hydrogen (secondary N) is 1. The summed E-state index contributed by atoms with van der Waals surface area (Å²) in [6.45, 7) is 5.63. The maximum absolute atomic E-state index is 10.8. The van der Waals surface area contributed by atoms with Crippen LogP contribution < -0.4 is 5.32 Å². The highest BCUT2D eigenvalue weighted by Crippen LogP contribution is 2.24. The zero-order valence-electron chi connectivity index (χ0n) is 15.0. The predicted octanol–water partition coefficient (Wildman–Crippen LogP) is 3.40. The quantitative estimate of drug-likeness (QED) is 0.391. The van der Waals surface area contributed by atoms with E-state index in [2.05, 4.69) is 15.4 Å². The fourth-order valence-electron chi connectivity index (χ4n) is 2.88. The molecule has 0 unspecified atom stereocenters. The van der Waals surface area contributed by atoms with Crippen molar-refractivity contribution in [3.8, 4) is 11.3 Å². The molecule has 3 rings (SSSR count). The lowest BCUT2D eigenvalue weighted by atomic mass is 10.1. The van der Waals surface area contributed by atoms with E-state index in [0.717, 1.165) is 40.5 Å². The van der Waals surface area contributed by atoms with Gasteiger partial charge in [-0.2, -0.15) is 5.10 Å². The lowest BCUT2D eigenvalue weighted by molar-refractivity contribution is -0.384. The van der Waals surface area contributed by atoms with E-state index in [-0.39, 0.29) is 5.69 Å². The van der Waals surface area contributed by atoms with E-state index in [1.807, 2.05) is 27.1 Å². The van der Waals surface area contributed by atoms with E-state index in [0.29, 0.717) is 6.54 Å². The third-order valence-corrected chi connectivity index (χ3v) is 5.23. The van der Waals surface area contributed by atoms with Gasteiger partial charge in [0.15, 0.2) is 0 Å². The molecule has 0 saturated carbocycles. The first kappa shape index (κ1) is 18.2. The summed E-state index contributed by atoms with van der Waals surface area (Å²) in [4.78, 5) is 16.2. The van der Waals surface area contributed by atoms with Crippen molar-refractivity contribution in [2.45, 2.75) is 26.8 Å². The molecule has 136 valence electrons. The zero-order valence-corrected chi connectivity index (χ0v) is 15.8. The first-order valence-corrected chi connectivity index (χ1v) is 9.16. The molecule has 8 heteroatoms. The van der Waals surface area contributed by atoms with E-state index < -0.39 is 4.92 Å². The van der Waals surface area contributed by atoms with Gasteiger partial charge in [-0.15, -0.1) is 11.3 Å². The normalized spacial score (nSPS) is 11.0. The van der Waals surface area contributed by atoms with Crippen LogP contribution in [0.5, 0.6) is 0 Å². The summed E-state index contributed by atoms with van der Waals surface area (Å²) < 4.78 is 1.77. The molecule has 1 N–H and O–H groups in total. The van der Waals surface area contributed by atoms with Crippen molar-refractivity contribution < 1.29 is 4.92 Å². The molecule has 0 fully saturated rings. The summed E-state index contributed by atoms with van der Waals surface area (Å²) in [6, 6.07) is 6.51. The molecule has 0 aliphatic carbocycles. The molecule has 2 heterocycles. The number of aryl methyl sites for hydroxylation is 3. The van der Waals surface area contributed by atoms with Gasteiger partial charge >= 0.3 is 0 Å². The van der Waals surface area contributed by atoms with Gasteiger partial charge in [-0.05, 0) is 32.4 Å². The molecule has 26 heavy (non-hydrogen) atoms. The smallest absolute Gasteiger partial charge is 0.269 e. The number of nitro groups is 1. The largest absolute Gasteiger partial charge is 0.312 e. The minimum Gasteiger partial charge on any atom is -0.312 e. The van der Waals surface area contributed by atoms with Crippen LogP contribution in [0.1, 0.15) is 21.1 Å². The van der Waals surface area contributed by atoms with E-state index in [1.165, 1.54) is 17.0 Å². The van der Waals surface area contributed by atoms with Gasteiger partial charge in [0.25, 0.3) is 5.69 Å². The molecule has 0 atom stereocenters. The SMILES string of the molecule is Cc1nc(C)c(CCNCc2cn(C)nc2-c2ccc([N+](=O)[O-])cc2)s1. The van der Waals surface area contributed by atoms with Crippen LogP contribution in [0.25, 0.3) is 11.3 Å². The molecule has 1 aromatic carbocycles. The van der Waals surface area contributed by atoms with E-state index in [1.54, 1.807) is 28.2 Å². The molecule has 0 saturated heterocycles. The summed E-state index contributed by atoms with van der Waals surface area (Å²) >= 11 is 1.75. The highest BCUT2D eigenvalue weighted by atomic mass is 32.1. The molecular formula is C18H21N5O2S. The van der Waals surface area contributed by atoms with Gasteiger partial charge in [0.1, 0.15) is 0 Å². The maximum atomic E-state index is 10.8. The molecule has 0 spiro atoms. The second-order valence-corrected chi connectivity index (χ2v) is 7.44. The number of benzene rings is 1. The van der Waals surface area contributed by atoms with Crippen molar-refractivity contribution in [1.82, 2.24) is 20.1 Å². The standard InChI is InChI=1S/C18H21N5O2S/c1-12-17(26-13(2)20-12)8-9-19-10-15-11-22(3)21-18(15)14-4-6-16(7-5-14)23(24)25/h4-7,11,19H,8-10H2,1-3H3. The van der Waals surface area contributed by atoms with Crippen molar-refractivity contribution >= 4 is 17.0 Å². The molecule has 0 bridgehead atoms. The van der Waals surface area contributed by atoms with Crippen LogP contribution in [0.4, 0.5) is 5.69 Å². The fraction of sp³-hybridized carbons (Fsp3) is 0.333. The Morgan fingerprint density at radius 1 is 1.27 bits per heavy atom. The van der Waals surface area contributed by atoms with Crippen molar-refractivity contribution in [1.29, 1.82) is 0 Å². The van der Waals surface area contributed by atoms with Gasteiger partial charge in [0, 0.05) is 54.5 Å². The zero-order chi connectivity index (χ0) is 18.7. The molecule has 0 radical (unpaired) electrons. The number of nitrogens with zero attached hydrogens (tertiary/aromatic N) is 4. The van der Waals surface area contributed by atoms with Gasteiger partial charge in [-0.3, -0.25) is 14.8 Å². The van der Waals surface area contributed by atoms with Crippen LogP contribution in [0.3, 0.4) is 0 Å². The summed E-state index contributed by atoms with van der Waals surface area (Å²) in [5, 5.41) is 19.9. The molecule has 0 amide bonds. The van der Waals surface area contributed by atoms with Gasteiger partial charge in [0.2, 0.25) is 0 Å². The van der Waals surface area contributed by atoms with Gasteiger partial charge < -0.3 is 5.32 Å². The predicted molar refractivity (Wildman–Crippen MR) is 102 cm³/mol. The number of non-ortho nitro benzene ring substituents is 1. The third-order valence-electron chi connectivity index (χ3n) is 4.10. The first-order valence-electron chi connectivity index (χ1n) is 8.35. The van der Waals surface area contributed by atoms with Crippen LogP contribution in [0.2, 0.25) is 0 Å². The third kappa shape index (κ3) is 4.14. The Balaban J connectivity index is 1.65. The minimum atomic E-state index is -0.395. The number of hydrogen-bond donors (Lipinski definition) is 1. The van der Waals surface area contributed by atoms with Crippen LogP contribution in [-0.2, 0) is 20.0 Å². The first-order chi connectivity index (χ1) is 12.4. The second-order valence-electron chi connectivity index (χ2n) is 6.15. The monoisotopic (exact) mass is 371 g/mol.